The molecule has 0 radical (unpaired) electrons. The van der Waals surface area contributed by atoms with E-state index in [4.69, 9.17) is 11.6 Å². The number of hydrogen-bond donors (Lipinski definition) is 2. The minimum Gasteiger partial charge on any atom is -0.351 e. The summed E-state index contributed by atoms with van der Waals surface area (Å²) in [5, 5.41) is 10.0. The summed E-state index contributed by atoms with van der Waals surface area (Å²) >= 11 is 5.83. The molecule has 0 atom stereocenters. The summed E-state index contributed by atoms with van der Waals surface area (Å²) in [6, 6.07) is 9.80. The van der Waals surface area contributed by atoms with E-state index >= 15 is 0 Å². The van der Waals surface area contributed by atoms with Crippen LogP contribution in [0.1, 0.15) is 16.2 Å². The molecule has 3 aromatic rings. The Labute approximate surface area is 147 Å². The molecule has 0 bridgehead atoms. The number of aromatic amines is 1. The van der Waals surface area contributed by atoms with Crippen molar-refractivity contribution in [3.05, 3.63) is 70.5 Å². The first-order valence-corrected chi connectivity index (χ1v) is 7.81. The minimum absolute atomic E-state index is 0.198. The van der Waals surface area contributed by atoms with Crippen molar-refractivity contribution < 1.29 is 13.6 Å². The van der Waals surface area contributed by atoms with Crippen molar-refractivity contribution in [2.45, 2.75) is 6.42 Å². The van der Waals surface area contributed by atoms with E-state index in [1.165, 1.54) is 0 Å². The Hall–Kier alpha value is -2.80. The van der Waals surface area contributed by atoms with Crippen molar-refractivity contribution in [2.24, 2.45) is 0 Å². The second-order valence-electron chi connectivity index (χ2n) is 5.24. The van der Waals surface area contributed by atoms with E-state index in [1.54, 1.807) is 24.3 Å². The molecule has 0 aliphatic heterocycles. The third-order valence-electron chi connectivity index (χ3n) is 3.45. The van der Waals surface area contributed by atoms with Gasteiger partial charge in [0.15, 0.2) is 5.82 Å². The fraction of sp³-hybridized carbons (Fsp3) is 0.118. The smallest absolute Gasteiger partial charge is 0.254 e. The third-order valence-corrected chi connectivity index (χ3v) is 3.71. The van der Waals surface area contributed by atoms with Gasteiger partial charge in [-0.3, -0.25) is 9.89 Å². The van der Waals surface area contributed by atoms with Gasteiger partial charge >= 0.3 is 0 Å². The minimum atomic E-state index is -0.774. The fourth-order valence-electron chi connectivity index (χ4n) is 2.20. The molecule has 0 aliphatic rings. The Morgan fingerprint density at radius 3 is 2.68 bits per heavy atom. The van der Waals surface area contributed by atoms with Crippen molar-refractivity contribution in [3.8, 4) is 11.4 Å². The number of nitrogens with one attached hydrogen (secondary N) is 2. The average molecular weight is 363 g/mol. The number of amides is 1. The van der Waals surface area contributed by atoms with Gasteiger partial charge in [-0.05, 0) is 42.5 Å². The van der Waals surface area contributed by atoms with E-state index in [9.17, 15) is 13.6 Å². The first-order valence-electron chi connectivity index (χ1n) is 7.43. The lowest BCUT2D eigenvalue weighted by Crippen LogP contribution is -2.27. The molecule has 8 heteroatoms. The zero-order valence-electron chi connectivity index (χ0n) is 12.9. The zero-order valence-corrected chi connectivity index (χ0v) is 13.6. The van der Waals surface area contributed by atoms with Crippen molar-refractivity contribution in [3.63, 3.8) is 0 Å². The van der Waals surface area contributed by atoms with Crippen LogP contribution in [-0.4, -0.2) is 27.6 Å². The monoisotopic (exact) mass is 362 g/mol. The lowest BCUT2D eigenvalue weighted by molar-refractivity contribution is 0.0949. The van der Waals surface area contributed by atoms with Gasteiger partial charge in [-0.15, -0.1) is 0 Å². The molecule has 2 aromatic carbocycles. The maximum absolute atomic E-state index is 13.5. The Morgan fingerprint density at radius 2 is 1.92 bits per heavy atom. The summed E-state index contributed by atoms with van der Waals surface area (Å²) < 4.78 is 26.6. The lowest BCUT2D eigenvalue weighted by Gasteiger charge is -2.05. The van der Waals surface area contributed by atoms with Crippen LogP contribution in [-0.2, 0) is 6.42 Å². The predicted octanol–water partition coefficient (Wildman–Crippen LogP) is 3.38. The predicted molar refractivity (Wildman–Crippen MR) is 89.2 cm³/mol. The van der Waals surface area contributed by atoms with Gasteiger partial charge in [0.05, 0.1) is 5.56 Å². The molecule has 0 unspecified atom stereocenters. The van der Waals surface area contributed by atoms with Crippen LogP contribution in [0.5, 0.6) is 0 Å². The molecule has 0 fully saturated rings. The Bertz CT molecular complexity index is 896. The van der Waals surface area contributed by atoms with Crippen LogP contribution < -0.4 is 5.32 Å². The molecule has 0 aliphatic carbocycles. The summed E-state index contributed by atoms with van der Waals surface area (Å²) in [6.07, 6.45) is 0.364. The Morgan fingerprint density at radius 1 is 1.16 bits per heavy atom. The second-order valence-corrected chi connectivity index (χ2v) is 5.68. The van der Waals surface area contributed by atoms with Gasteiger partial charge in [0.25, 0.3) is 5.91 Å². The second kappa shape index (κ2) is 7.40. The lowest BCUT2D eigenvalue weighted by atomic mass is 10.2. The van der Waals surface area contributed by atoms with Gasteiger partial charge in [-0.2, -0.15) is 5.10 Å². The molecule has 1 aromatic heterocycles. The van der Waals surface area contributed by atoms with Crippen LogP contribution in [0.15, 0.2) is 42.5 Å². The van der Waals surface area contributed by atoms with Crippen molar-refractivity contribution in [1.29, 1.82) is 0 Å². The molecule has 0 saturated heterocycles. The van der Waals surface area contributed by atoms with Gasteiger partial charge in [0.2, 0.25) is 0 Å². The van der Waals surface area contributed by atoms with Crippen LogP contribution >= 0.6 is 11.6 Å². The van der Waals surface area contributed by atoms with Crippen molar-refractivity contribution in [1.82, 2.24) is 20.5 Å². The molecule has 2 N–H and O–H groups in total. The highest BCUT2D eigenvalue weighted by molar-refractivity contribution is 6.30. The molecule has 5 nitrogen and oxygen atoms in total. The SMILES string of the molecule is O=C(NCCc1nc(-c2ccc(Cl)cc2)n[nH]1)c1cc(F)ccc1F. The molecule has 1 heterocycles. The number of hydrogen-bond acceptors (Lipinski definition) is 3. The van der Waals surface area contributed by atoms with E-state index in [0.717, 1.165) is 23.8 Å². The van der Waals surface area contributed by atoms with Gasteiger partial charge in [0.1, 0.15) is 17.5 Å². The summed E-state index contributed by atoms with van der Waals surface area (Å²) in [6.45, 7) is 0.198. The van der Waals surface area contributed by atoms with Crippen LogP contribution in [0.3, 0.4) is 0 Å². The Kier molecular flexibility index (Phi) is 5.04. The quantitative estimate of drug-likeness (QED) is 0.731. The number of H-pyrrole nitrogens is 1. The third kappa shape index (κ3) is 4.19. The number of halogens is 3. The van der Waals surface area contributed by atoms with E-state index in [-0.39, 0.29) is 12.1 Å². The molecule has 128 valence electrons. The highest BCUT2D eigenvalue weighted by Gasteiger charge is 2.13. The van der Waals surface area contributed by atoms with E-state index in [1.807, 2.05) is 0 Å². The van der Waals surface area contributed by atoms with Gasteiger partial charge in [-0.25, -0.2) is 13.8 Å². The molecule has 3 rings (SSSR count). The molecule has 0 saturated carbocycles. The highest BCUT2D eigenvalue weighted by Crippen LogP contribution is 2.17. The van der Waals surface area contributed by atoms with Crippen LogP contribution in [0.25, 0.3) is 11.4 Å². The standard InChI is InChI=1S/C17H13ClF2N4O/c18-11-3-1-10(2-4-11)16-22-15(23-24-16)7-8-21-17(25)13-9-12(19)5-6-14(13)20/h1-6,9H,7-8H2,(H,21,25)(H,22,23,24). The maximum Gasteiger partial charge on any atom is 0.254 e. The van der Waals surface area contributed by atoms with E-state index in [0.29, 0.717) is 23.1 Å². The number of nitrogens with zero attached hydrogens (tertiary/aromatic N) is 2. The van der Waals surface area contributed by atoms with Gasteiger partial charge in [-0.1, -0.05) is 11.6 Å². The summed E-state index contributed by atoms with van der Waals surface area (Å²) in [5.74, 6) is -1.06. The molecule has 0 spiro atoms. The summed E-state index contributed by atoms with van der Waals surface area (Å²) in [7, 11) is 0. The molecular weight excluding hydrogens is 350 g/mol. The van der Waals surface area contributed by atoms with Crippen LogP contribution in [0.2, 0.25) is 5.02 Å². The molecule has 25 heavy (non-hydrogen) atoms. The molecular formula is C17H13ClF2N4O. The number of aromatic nitrogens is 3. The maximum atomic E-state index is 13.5. The van der Waals surface area contributed by atoms with E-state index < -0.39 is 17.5 Å². The van der Waals surface area contributed by atoms with E-state index in [2.05, 4.69) is 20.5 Å². The number of rotatable bonds is 5. The number of carbonyl (C=O) groups is 1. The normalized spacial score (nSPS) is 10.7. The van der Waals surface area contributed by atoms with Gasteiger partial charge < -0.3 is 5.32 Å². The zero-order chi connectivity index (χ0) is 17.8. The van der Waals surface area contributed by atoms with Crippen molar-refractivity contribution >= 4 is 17.5 Å². The van der Waals surface area contributed by atoms with Crippen LogP contribution in [0.4, 0.5) is 8.78 Å². The number of carbonyl (C=O) groups excluding carboxylic acids is 1. The first kappa shape index (κ1) is 17.0. The average Bonchev–Trinajstić information content (AvgIpc) is 3.06. The summed E-state index contributed by atoms with van der Waals surface area (Å²) in [5.41, 5.74) is 0.470. The van der Waals surface area contributed by atoms with Crippen LogP contribution in [0, 0.1) is 11.6 Å². The topological polar surface area (TPSA) is 70.7 Å². The van der Waals surface area contributed by atoms with Gasteiger partial charge in [0, 0.05) is 23.6 Å². The first-order chi connectivity index (χ1) is 12.0. The fourth-order valence-corrected chi connectivity index (χ4v) is 2.32. The van der Waals surface area contributed by atoms with Crippen molar-refractivity contribution in [2.75, 3.05) is 6.54 Å². The molecule has 1 amide bonds. The highest BCUT2D eigenvalue weighted by atomic mass is 35.5. The summed E-state index contributed by atoms with van der Waals surface area (Å²) in [4.78, 5) is 16.2. The largest absolute Gasteiger partial charge is 0.351 e. The number of benzene rings is 2. The Balaban J connectivity index is 1.58.